The summed E-state index contributed by atoms with van der Waals surface area (Å²) in [6.45, 7) is 9.98. The first-order valence-electron chi connectivity index (χ1n) is 9.91. The number of aldehydes is 1. The quantitative estimate of drug-likeness (QED) is 0.540. The molecule has 0 N–H and O–H groups in total. The summed E-state index contributed by atoms with van der Waals surface area (Å²) in [5.41, 5.74) is 1.04. The molecule has 23 heavy (non-hydrogen) atoms. The van der Waals surface area contributed by atoms with Crippen molar-refractivity contribution in [3.05, 3.63) is 0 Å². The molecule has 0 heterocycles. The van der Waals surface area contributed by atoms with E-state index in [9.17, 15) is 4.79 Å². The van der Waals surface area contributed by atoms with Crippen LogP contribution in [0, 0.1) is 40.4 Å². The molecule has 0 saturated heterocycles. The van der Waals surface area contributed by atoms with Crippen molar-refractivity contribution in [1.82, 2.24) is 0 Å². The van der Waals surface area contributed by atoms with Crippen LogP contribution in [0.1, 0.15) is 92.9 Å². The van der Waals surface area contributed by atoms with Gasteiger partial charge in [-0.2, -0.15) is 0 Å². The van der Waals surface area contributed by atoms with Gasteiger partial charge in [0.1, 0.15) is 6.29 Å². The Morgan fingerprint density at radius 1 is 1.04 bits per heavy atom. The Kier molecular flexibility index (Phi) is 5.69. The highest BCUT2D eigenvalue weighted by Gasteiger charge is 2.58. The molecule has 3 saturated carbocycles. The summed E-state index contributed by atoms with van der Waals surface area (Å²) in [5, 5.41) is 0. The predicted molar refractivity (Wildman–Crippen MR) is 99.4 cm³/mol. The number of hydrogen-bond donors (Lipinski definition) is 0. The molecule has 0 aliphatic heterocycles. The van der Waals surface area contributed by atoms with Gasteiger partial charge in [0.2, 0.25) is 0 Å². The number of carbonyl (C=O) groups is 1. The van der Waals surface area contributed by atoms with E-state index >= 15 is 0 Å². The standard InChI is InChI=1S/C21H36O.CH4/c1-5-12-21(4)16(11-14-22)7-8-17-18-9-6-15(2)20(18,3)13-10-19(17)21;/h14-19H,5-13H2,1-4H3;1H4. The summed E-state index contributed by atoms with van der Waals surface area (Å²) in [5.74, 6) is 4.37. The molecule has 3 fully saturated rings. The zero-order chi connectivity index (χ0) is 16.0. The Bertz CT molecular complexity index is 416. The van der Waals surface area contributed by atoms with Crippen molar-refractivity contribution < 1.29 is 4.79 Å². The number of hydrogen-bond acceptors (Lipinski definition) is 1. The average Bonchev–Trinajstić information content (AvgIpc) is 2.79. The van der Waals surface area contributed by atoms with Crippen molar-refractivity contribution in [2.75, 3.05) is 0 Å². The van der Waals surface area contributed by atoms with Crippen LogP contribution in [0.25, 0.3) is 0 Å². The summed E-state index contributed by atoms with van der Waals surface area (Å²) < 4.78 is 0. The Balaban J connectivity index is 0.00000192. The first-order chi connectivity index (χ1) is 10.5. The van der Waals surface area contributed by atoms with Crippen molar-refractivity contribution >= 4 is 6.29 Å². The van der Waals surface area contributed by atoms with E-state index in [1.807, 2.05) is 0 Å². The van der Waals surface area contributed by atoms with Crippen LogP contribution in [-0.4, -0.2) is 6.29 Å². The monoisotopic (exact) mass is 320 g/mol. The molecule has 3 aliphatic rings. The molecular weight excluding hydrogens is 280 g/mol. The zero-order valence-electron chi connectivity index (χ0n) is 15.2. The minimum absolute atomic E-state index is 0. The van der Waals surface area contributed by atoms with E-state index < -0.39 is 0 Å². The fraction of sp³-hybridized carbons (Fsp3) is 0.955. The largest absolute Gasteiger partial charge is 0.303 e. The minimum atomic E-state index is 0. The summed E-state index contributed by atoms with van der Waals surface area (Å²) in [4.78, 5) is 11.2. The molecule has 7 unspecified atom stereocenters. The van der Waals surface area contributed by atoms with E-state index in [-0.39, 0.29) is 7.43 Å². The summed E-state index contributed by atoms with van der Waals surface area (Å²) in [7, 11) is 0. The highest BCUT2D eigenvalue weighted by Crippen LogP contribution is 2.66. The molecule has 0 amide bonds. The van der Waals surface area contributed by atoms with E-state index in [1.165, 1.54) is 57.7 Å². The third-order valence-electron chi connectivity index (χ3n) is 8.71. The first kappa shape index (κ1) is 19.0. The van der Waals surface area contributed by atoms with Crippen molar-refractivity contribution in [2.24, 2.45) is 40.4 Å². The van der Waals surface area contributed by atoms with E-state index in [2.05, 4.69) is 27.7 Å². The lowest BCUT2D eigenvalue weighted by atomic mass is 9.46. The third-order valence-corrected chi connectivity index (χ3v) is 8.71. The van der Waals surface area contributed by atoms with Crippen LogP contribution < -0.4 is 0 Å². The molecule has 7 atom stereocenters. The number of carbonyl (C=O) groups excluding carboxylic acids is 1. The van der Waals surface area contributed by atoms with Gasteiger partial charge in [-0.15, -0.1) is 0 Å². The second kappa shape index (κ2) is 6.89. The third kappa shape index (κ3) is 2.81. The SMILES string of the molecule is C.CCCC1(C)C(CC=O)CCC2C3CCC(C)C3(C)CCC21. The highest BCUT2D eigenvalue weighted by atomic mass is 16.1. The number of rotatable bonds is 4. The summed E-state index contributed by atoms with van der Waals surface area (Å²) in [6, 6.07) is 0. The van der Waals surface area contributed by atoms with E-state index in [0.717, 1.165) is 30.1 Å². The Morgan fingerprint density at radius 3 is 2.43 bits per heavy atom. The lowest BCUT2D eigenvalue weighted by Crippen LogP contribution is -2.51. The van der Waals surface area contributed by atoms with Crippen molar-refractivity contribution in [1.29, 1.82) is 0 Å². The maximum absolute atomic E-state index is 11.2. The average molecular weight is 321 g/mol. The smallest absolute Gasteiger partial charge is 0.120 e. The van der Waals surface area contributed by atoms with Gasteiger partial charge in [0.15, 0.2) is 0 Å². The van der Waals surface area contributed by atoms with Crippen LogP contribution in [0.2, 0.25) is 0 Å². The molecule has 0 radical (unpaired) electrons. The van der Waals surface area contributed by atoms with Gasteiger partial charge < -0.3 is 4.79 Å². The second-order valence-electron chi connectivity index (χ2n) is 9.33. The Hall–Kier alpha value is -0.330. The van der Waals surface area contributed by atoms with E-state index in [1.54, 1.807) is 0 Å². The highest BCUT2D eigenvalue weighted by molar-refractivity contribution is 5.50. The molecule has 0 aromatic heterocycles. The first-order valence-corrected chi connectivity index (χ1v) is 9.91. The molecule has 3 aliphatic carbocycles. The van der Waals surface area contributed by atoms with Gasteiger partial charge >= 0.3 is 0 Å². The lowest BCUT2D eigenvalue weighted by molar-refractivity contribution is -0.118. The molecule has 1 heteroatoms. The van der Waals surface area contributed by atoms with Crippen LogP contribution >= 0.6 is 0 Å². The van der Waals surface area contributed by atoms with Crippen molar-refractivity contribution in [3.63, 3.8) is 0 Å². The summed E-state index contributed by atoms with van der Waals surface area (Å²) in [6.07, 6.45) is 13.1. The normalized spacial score (nSPS) is 49.0. The zero-order valence-corrected chi connectivity index (χ0v) is 15.2. The van der Waals surface area contributed by atoms with Crippen molar-refractivity contribution in [2.45, 2.75) is 92.9 Å². The molecule has 1 nitrogen and oxygen atoms in total. The van der Waals surface area contributed by atoms with Gasteiger partial charge in [0.05, 0.1) is 0 Å². The Labute approximate surface area is 145 Å². The van der Waals surface area contributed by atoms with E-state index in [4.69, 9.17) is 0 Å². The minimum Gasteiger partial charge on any atom is -0.303 e. The summed E-state index contributed by atoms with van der Waals surface area (Å²) >= 11 is 0. The van der Waals surface area contributed by atoms with Gasteiger partial charge in [0, 0.05) is 6.42 Å². The van der Waals surface area contributed by atoms with Crippen LogP contribution in [0.3, 0.4) is 0 Å². The van der Waals surface area contributed by atoms with Crippen LogP contribution in [0.4, 0.5) is 0 Å². The molecule has 0 spiro atoms. The van der Waals surface area contributed by atoms with Gasteiger partial charge in [-0.1, -0.05) is 41.5 Å². The predicted octanol–water partition coefficient (Wildman–Crippen LogP) is 6.51. The topological polar surface area (TPSA) is 17.1 Å². The molecular formula is C22H40O. The molecule has 134 valence electrons. The van der Waals surface area contributed by atoms with E-state index in [0.29, 0.717) is 16.7 Å². The maximum Gasteiger partial charge on any atom is 0.120 e. The molecule has 3 rings (SSSR count). The lowest BCUT2D eigenvalue weighted by Gasteiger charge is -2.59. The molecule has 0 aromatic carbocycles. The van der Waals surface area contributed by atoms with Gasteiger partial charge in [0.25, 0.3) is 0 Å². The number of fused-ring (bicyclic) bond motifs is 3. The van der Waals surface area contributed by atoms with Crippen LogP contribution in [0.15, 0.2) is 0 Å². The van der Waals surface area contributed by atoms with Gasteiger partial charge in [-0.25, -0.2) is 0 Å². The van der Waals surface area contributed by atoms with Crippen molar-refractivity contribution in [3.8, 4) is 0 Å². The van der Waals surface area contributed by atoms with Crippen LogP contribution in [-0.2, 0) is 4.79 Å². The van der Waals surface area contributed by atoms with Gasteiger partial charge in [-0.05, 0) is 85.4 Å². The van der Waals surface area contributed by atoms with Crippen LogP contribution in [0.5, 0.6) is 0 Å². The molecule has 0 aromatic rings. The Morgan fingerprint density at radius 2 is 1.78 bits per heavy atom. The maximum atomic E-state index is 11.2. The molecule has 0 bridgehead atoms. The van der Waals surface area contributed by atoms with Gasteiger partial charge in [-0.3, -0.25) is 0 Å². The fourth-order valence-electron chi connectivity index (χ4n) is 7.23. The second-order valence-corrected chi connectivity index (χ2v) is 9.33. The fourth-order valence-corrected chi connectivity index (χ4v) is 7.23.